The number of nitrogens with one attached hydrogen (secondary N) is 2. The molecule has 0 amide bonds. The van der Waals surface area contributed by atoms with E-state index in [0.29, 0.717) is 24.4 Å². The van der Waals surface area contributed by atoms with E-state index in [4.69, 9.17) is 9.47 Å². The van der Waals surface area contributed by atoms with Crippen molar-refractivity contribution in [2.24, 2.45) is 29.6 Å². The van der Waals surface area contributed by atoms with Crippen LogP contribution in [-0.4, -0.2) is 29.8 Å². The van der Waals surface area contributed by atoms with Gasteiger partial charge in [0, 0.05) is 18.0 Å². The van der Waals surface area contributed by atoms with E-state index in [2.05, 4.69) is 34.6 Å². The number of aromatic amines is 1. The molecule has 6 heteroatoms. The molecule has 3 aromatic carbocycles. The van der Waals surface area contributed by atoms with Gasteiger partial charge < -0.3 is 24.9 Å². The molecule has 4 fully saturated rings. The second-order valence-electron chi connectivity index (χ2n) is 13.1. The Morgan fingerprint density at radius 2 is 1.60 bits per heavy atom. The fourth-order valence-electron chi connectivity index (χ4n) is 8.27. The summed E-state index contributed by atoms with van der Waals surface area (Å²) in [5.74, 6) is 6.05. The predicted octanol–water partition coefficient (Wildman–Crippen LogP) is 6.42. The summed E-state index contributed by atoms with van der Waals surface area (Å²) in [6.07, 6.45) is 7.32. The number of aliphatic hydroxyl groups excluding tert-OH is 1. The highest BCUT2D eigenvalue weighted by Crippen LogP contribution is 2.56. The molecular weight excluding hydrogens is 536 g/mol. The van der Waals surface area contributed by atoms with Gasteiger partial charge in [0.05, 0.1) is 18.2 Å². The Morgan fingerprint density at radius 1 is 0.837 bits per heavy atom. The second kappa shape index (κ2) is 12.6. The lowest BCUT2D eigenvalue weighted by Crippen LogP contribution is -2.47. The van der Waals surface area contributed by atoms with Crippen molar-refractivity contribution in [2.45, 2.75) is 51.2 Å². The zero-order valence-electron chi connectivity index (χ0n) is 24.7. The normalized spacial score (nSPS) is 24.7. The minimum absolute atomic E-state index is 0.203. The van der Waals surface area contributed by atoms with Crippen molar-refractivity contribution in [3.8, 4) is 11.5 Å². The molecule has 4 bridgehead atoms. The highest BCUT2D eigenvalue weighted by atomic mass is 16.5. The molecule has 0 unspecified atom stereocenters. The monoisotopic (exact) mass is 578 g/mol. The average molecular weight is 579 g/mol. The molecule has 224 valence electrons. The average Bonchev–Trinajstić information content (AvgIpc) is 3.02. The van der Waals surface area contributed by atoms with Crippen molar-refractivity contribution in [3.63, 3.8) is 0 Å². The first-order chi connectivity index (χ1) is 21.1. The minimum Gasteiger partial charge on any atom is -0.493 e. The molecule has 0 spiro atoms. The summed E-state index contributed by atoms with van der Waals surface area (Å²) < 4.78 is 12.4. The summed E-state index contributed by atoms with van der Waals surface area (Å²) in [5, 5.41) is 15.3. The van der Waals surface area contributed by atoms with E-state index in [1.165, 1.54) is 43.7 Å². The molecule has 0 aliphatic heterocycles. The van der Waals surface area contributed by atoms with E-state index in [-0.39, 0.29) is 5.56 Å². The van der Waals surface area contributed by atoms with Crippen molar-refractivity contribution < 1.29 is 14.6 Å². The molecule has 0 saturated heterocycles. The number of hydrogen-bond donors (Lipinski definition) is 3. The number of pyridine rings is 1. The standard InChI is InChI=1S/C37H42N2O4/c40-34(31-9-11-35(37-32(31)10-12-36(41)39-37)43-22-25-5-2-1-3-6-25)21-38-14-13-24-7-4-8-30(20-24)42-23-33-28-16-26-15-27(18-28)19-29(33)17-26/h1-12,20,26-29,33-34,38,40H,13-19,21-23H2,(H,39,41)/t26?,27?,28?,29?,33?,34-/m0/s1. The van der Waals surface area contributed by atoms with Gasteiger partial charge in [0.2, 0.25) is 5.56 Å². The van der Waals surface area contributed by atoms with Gasteiger partial charge in [0.25, 0.3) is 0 Å². The number of aromatic nitrogens is 1. The Kier molecular flexibility index (Phi) is 8.23. The number of H-pyrrole nitrogens is 1. The van der Waals surface area contributed by atoms with Crippen LogP contribution in [0.2, 0.25) is 0 Å². The number of aliphatic hydroxyl groups is 1. The Hall–Kier alpha value is -3.61. The topological polar surface area (TPSA) is 83.6 Å². The number of ether oxygens (including phenoxy) is 2. The van der Waals surface area contributed by atoms with Gasteiger partial charge in [-0.15, -0.1) is 0 Å². The van der Waals surface area contributed by atoms with Gasteiger partial charge in [0.15, 0.2) is 0 Å². The molecule has 4 aromatic rings. The van der Waals surface area contributed by atoms with Crippen LogP contribution in [0.15, 0.2) is 83.7 Å². The Labute approximate surface area is 253 Å². The van der Waals surface area contributed by atoms with Crippen LogP contribution in [0.5, 0.6) is 11.5 Å². The molecule has 3 N–H and O–H groups in total. The number of hydrogen-bond acceptors (Lipinski definition) is 5. The quantitative estimate of drug-likeness (QED) is 0.169. The van der Waals surface area contributed by atoms with Crippen LogP contribution in [0, 0.1) is 29.6 Å². The number of fused-ring (bicyclic) bond motifs is 1. The molecule has 1 atom stereocenters. The maximum atomic E-state index is 12.1. The van der Waals surface area contributed by atoms with Crippen LogP contribution in [-0.2, 0) is 13.0 Å². The van der Waals surface area contributed by atoms with E-state index in [0.717, 1.165) is 71.4 Å². The van der Waals surface area contributed by atoms with Crippen LogP contribution in [0.4, 0.5) is 0 Å². The maximum absolute atomic E-state index is 12.1. The molecule has 1 heterocycles. The van der Waals surface area contributed by atoms with Crippen LogP contribution < -0.4 is 20.3 Å². The largest absolute Gasteiger partial charge is 0.493 e. The van der Waals surface area contributed by atoms with Crippen LogP contribution in [0.3, 0.4) is 0 Å². The van der Waals surface area contributed by atoms with Gasteiger partial charge in [-0.3, -0.25) is 4.79 Å². The first-order valence-electron chi connectivity index (χ1n) is 16.0. The van der Waals surface area contributed by atoms with E-state index in [1.54, 1.807) is 6.07 Å². The molecule has 4 aliphatic rings. The van der Waals surface area contributed by atoms with Crippen LogP contribution in [0.25, 0.3) is 10.9 Å². The lowest BCUT2D eigenvalue weighted by atomic mass is 9.52. The van der Waals surface area contributed by atoms with Gasteiger partial charge in [-0.1, -0.05) is 48.5 Å². The van der Waals surface area contributed by atoms with E-state index >= 15 is 0 Å². The zero-order chi connectivity index (χ0) is 29.2. The molecule has 4 saturated carbocycles. The van der Waals surface area contributed by atoms with Gasteiger partial charge in [-0.25, -0.2) is 0 Å². The first-order valence-corrected chi connectivity index (χ1v) is 16.0. The summed E-state index contributed by atoms with van der Waals surface area (Å²) in [6.45, 7) is 2.40. The third-order valence-corrected chi connectivity index (χ3v) is 10.2. The third kappa shape index (κ3) is 6.36. The fraction of sp³-hybridized carbons (Fsp3) is 0.432. The summed E-state index contributed by atoms with van der Waals surface area (Å²) in [6, 6.07) is 25.4. The second-order valence-corrected chi connectivity index (χ2v) is 13.1. The van der Waals surface area contributed by atoms with Crippen LogP contribution in [0.1, 0.15) is 54.9 Å². The van der Waals surface area contributed by atoms with Crippen molar-refractivity contribution in [3.05, 3.63) is 106 Å². The highest BCUT2D eigenvalue weighted by Gasteiger charge is 2.48. The van der Waals surface area contributed by atoms with E-state index in [9.17, 15) is 9.90 Å². The molecule has 0 radical (unpaired) electrons. The SMILES string of the molecule is O=c1ccc2c([C@@H](O)CNCCc3cccc(OCC4C5CC6CC(C5)CC4C6)c3)ccc(OCc3ccccc3)c2[nH]1. The lowest BCUT2D eigenvalue weighted by molar-refractivity contribution is -0.0529. The molecule has 1 aromatic heterocycles. The molecular formula is C37H42N2O4. The van der Waals surface area contributed by atoms with Crippen molar-refractivity contribution in [1.82, 2.24) is 10.3 Å². The third-order valence-electron chi connectivity index (χ3n) is 10.2. The Morgan fingerprint density at radius 3 is 2.40 bits per heavy atom. The highest BCUT2D eigenvalue weighted by molar-refractivity contribution is 5.87. The lowest BCUT2D eigenvalue weighted by Gasteiger charge is -2.54. The number of benzene rings is 3. The zero-order valence-corrected chi connectivity index (χ0v) is 24.7. The summed E-state index contributed by atoms with van der Waals surface area (Å²) in [7, 11) is 0. The Bertz CT molecular complexity index is 1570. The van der Waals surface area contributed by atoms with Crippen molar-refractivity contribution >= 4 is 10.9 Å². The first kappa shape index (κ1) is 28.2. The summed E-state index contributed by atoms with van der Waals surface area (Å²) >= 11 is 0. The predicted molar refractivity (Wildman–Crippen MR) is 169 cm³/mol. The summed E-state index contributed by atoms with van der Waals surface area (Å²) in [5.41, 5.74) is 3.43. The van der Waals surface area contributed by atoms with Crippen molar-refractivity contribution in [2.75, 3.05) is 19.7 Å². The van der Waals surface area contributed by atoms with Gasteiger partial charge in [-0.2, -0.15) is 0 Å². The fourth-order valence-corrected chi connectivity index (χ4v) is 8.27. The smallest absolute Gasteiger partial charge is 0.248 e. The van der Waals surface area contributed by atoms with E-state index in [1.807, 2.05) is 42.5 Å². The summed E-state index contributed by atoms with van der Waals surface area (Å²) in [4.78, 5) is 15.1. The van der Waals surface area contributed by atoms with Crippen molar-refractivity contribution in [1.29, 1.82) is 0 Å². The minimum atomic E-state index is -0.729. The van der Waals surface area contributed by atoms with Gasteiger partial charge in [-0.05, 0) is 116 Å². The molecule has 4 aliphatic carbocycles. The molecule has 6 nitrogen and oxygen atoms in total. The molecule has 43 heavy (non-hydrogen) atoms. The number of rotatable bonds is 12. The molecule has 8 rings (SSSR count). The maximum Gasteiger partial charge on any atom is 0.248 e. The van der Waals surface area contributed by atoms with Crippen LogP contribution >= 0.6 is 0 Å². The Balaban J connectivity index is 0.925. The van der Waals surface area contributed by atoms with Gasteiger partial charge >= 0.3 is 0 Å². The van der Waals surface area contributed by atoms with Gasteiger partial charge in [0.1, 0.15) is 18.1 Å². The van der Waals surface area contributed by atoms with E-state index < -0.39 is 6.10 Å².